The number of ether oxygens (including phenoxy) is 5. The summed E-state index contributed by atoms with van der Waals surface area (Å²) in [5.41, 5.74) is 12.9. The van der Waals surface area contributed by atoms with Crippen LogP contribution in [0.2, 0.25) is 0 Å². The van der Waals surface area contributed by atoms with E-state index in [1.807, 2.05) is 123 Å². The summed E-state index contributed by atoms with van der Waals surface area (Å²) < 4.78 is 34.6. The first-order valence-corrected chi connectivity index (χ1v) is 33.7. The topological polar surface area (TPSA) is 171 Å². The molecular formula is C82H86N6O9. The molecule has 3 aromatic heterocycles. The van der Waals surface area contributed by atoms with E-state index in [-0.39, 0.29) is 24.5 Å². The number of imidazole rings is 3. The largest absolute Gasteiger partial charge is 0.494 e. The van der Waals surface area contributed by atoms with E-state index in [2.05, 4.69) is 146 Å². The molecule has 498 valence electrons. The predicted octanol–water partition coefficient (Wildman–Crippen LogP) is 18.3. The molecule has 0 saturated heterocycles. The third-order valence-electron chi connectivity index (χ3n) is 16.3. The molecule has 0 aliphatic heterocycles. The second-order valence-corrected chi connectivity index (χ2v) is 24.1. The van der Waals surface area contributed by atoms with Gasteiger partial charge in [0.2, 0.25) is 0 Å². The molecule has 0 radical (unpaired) electrons. The summed E-state index contributed by atoms with van der Waals surface area (Å²) in [4.78, 5) is 48.2. The van der Waals surface area contributed by atoms with E-state index in [0.29, 0.717) is 39.1 Å². The Morgan fingerprint density at radius 3 is 0.969 bits per heavy atom. The number of hydrogen-bond acceptors (Lipinski definition) is 11. The first kappa shape index (κ1) is 69.0. The van der Waals surface area contributed by atoms with Gasteiger partial charge in [0.15, 0.2) is 0 Å². The number of fused-ring (bicyclic) bond motifs is 3. The van der Waals surface area contributed by atoms with Gasteiger partial charge in [0.1, 0.15) is 34.7 Å². The summed E-state index contributed by atoms with van der Waals surface area (Å²) in [6.45, 7) is 7.74. The summed E-state index contributed by atoms with van der Waals surface area (Å²) >= 11 is 0. The number of aliphatic carboxylic acids is 1. The van der Waals surface area contributed by atoms with Crippen molar-refractivity contribution in [2.45, 2.75) is 117 Å². The molecule has 15 nitrogen and oxygen atoms in total. The molecule has 9 aromatic carbocycles. The third kappa shape index (κ3) is 20.6. The van der Waals surface area contributed by atoms with Crippen molar-refractivity contribution in [2.24, 2.45) is 0 Å². The average Bonchev–Trinajstić information content (AvgIpc) is 1.66. The lowest BCUT2D eigenvalue weighted by atomic mass is 10.2. The minimum absolute atomic E-state index is 0.0523. The number of esters is 2. The standard InChI is InChI=1S/C29H32N2O3.C27H28N2O3.C26H26N2O3/c1-22(2)34-28(32)16-10-5-11-19-33-25-17-18-26-27(20-25)31(21-23-12-6-3-7-13-23)29(30-26)24-14-8-4-9-15-24;1-31-26(30)15-9-4-10-18-32-23-16-17-24-25(19-23)29(20-21-11-5-2-6-12-21)27(28-24)22-13-7-3-8-14-22;29-25(30)14-8-3-9-17-31-22-15-16-23-24(18-22)28(19-20-10-4-1-5-11-20)26(27-23)21-12-6-2-7-13-21/h3-4,6-9,12-15,17-18,20,22H,5,10-11,16,19,21H2,1-2H3;2-3,5-8,11-14,16-17,19H,4,9-10,15,18,20H2,1H3;1-2,4-7,10-13,15-16,18H,3,8-9,14,17,19H2,(H,29,30). The highest BCUT2D eigenvalue weighted by Crippen LogP contribution is 2.33. The number of carboxylic acids is 1. The maximum atomic E-state index is 11.6. The Kier molecular flexibility index (Phi) is 25.8. The van der Waals surface area contributed by atoms with Crippen molar-refractivity contribution in [1.82, 2.24) is 28.7 Å². The summed E-state index contributed by atoms with van der Waals surface area (Å²) in [5.74, 6) is 4.28. The Balaban J connectivity index is 0.000000158. The predicted molar refractivity (Wildman–Crippen MR) is 385 cm³/mol. The van der Waals surface area contributed by atoms with Gasteiger partial charge in [-0.25, -0.2) is 15.0 Å². The first-order chi connectivity index (χ1) is 47.5. The molecule has 0 aliphatic carbocycles. The number of nitrogens with zero attached hydrogens (tertiary/aromatic N) is 6. The molecule has 0 amide bonds. The number of rotatable bonds is 31. The van der Waals surface area contributed by atoms with Crippen molar-refractivity contribution in [2.75, 3.05) is 26.9 Å². The third-order valence-corrected chi connectivity index (χ3v) is 16.3. The Hall–Kier alpha value is -10.8. The summed E-state index contributed by atoms with van der Waals surface area (Å²) in [6, 6.07) is 80.2. The molecular weight excluding hydrogens is 1210 g/mol. The van der Waals surface area contributed by atoms with E-state index >= 15 is 0 Å². The Labute approximate surface area is 568 Å². The van der Waals surface area contributed by atoms with Gasteiger partial charge < -0.3 is 42.5 Å². The molecule has 15 heteroatoms. The number of unbranched alkanes of at least 4 members (excludes halogenated alkanes) is 6. The fourth-order valence-corrected chi connectivity index (χ4v) is 11.4. The highest BCUT2D eigenvalue weighted by Gasteiger charge is 2.18. The highest BCUT2D eigenvalue weighted by molar-refractivity contribution is 5.84. The van der Waals surface area contributed by atoms with Gasteiger partial charge in [-0.1, -0.05) is 182 Å². The highest BCUT2D eigenvalue weighted by atomic mass is 16.5. The van der Waals surface area contributed by atoms with Crippen molar-refractivity contribution in [3.8, 4) is 51.4 Å². The first-order valence-electron chi connectivity index (χ1n) is 33.7. The monoisotopic (exact) mass is 1300 g/mol. The van der Waals surface area contributed by atoms with Crippen LogP contribution in [0.1, 0.15) is 108 Å². The SMILES string of the molecule is CC(C)OC(=O)CCCCCOc1ccc2nc(-c3ccccc3)n(Cc3ccccc3)c2c1.COC(=O)CCCCCOc1ccc2nc(-c3ccccc3)n(Cc3ccccc3)c2c1.O=C(O)CCCCCOc1ccc2nc(-c3ccccc3)n(Cc3ccccc3)c2c1. The van der Waals surface area contributed by atoms with E-state index in [0.717, 1.165) is 156 Å². The maximum absolute atomic E-state index is 11.6. The van der Waals surface area contributed by atoms with Crippen LogP contribution in [0.3, 0.4) is 0 Å². The normalized spacial score (nSPS) is 11.0. The zero-order valence-corrected chi connectivity index (χ0v) is 55.7. The second kappa shape index (κ2) is 36.2. The molecule has 0 spiro atoms. The van der Waals surface area contributed by atoms with Gasteiger partial charge in [-0.3, -0.25) is 14.4 Å². The fraction of sp³-hybridized carbons (Fsp3) is 0.268. The van der Waals surface area contributed by atoms with Crippen molar-refractivity contribution in [3.63, 3.8) is 0 Å². The van der Waals surface area contributed by atoms with Gasteiger partial charge in [-0.2, -0.15) is 0 Å². The number of methoxy groups -OCH3 is 1. The van der Waals surface area contributed by atoms with Gasteiger partial charge in [0, 0.05) is 73.8 Å². The second-order valence-electron chi connectivity index (χ2n) is 24.1. The molecule has 0 aliphatic rings. The van der Waals surface area contributed by atoms with E-state index in [1.165, 1.54) is 23.8 Å². The minimum Gasteiger partial charge on any atom is -0.494 e. The number of carbonyl (C=O) groups excluding carboxylic acids is 2. The quantitative estimate of drug-likeness (QED) is 0.0323. The Bertz CT molecular complexity index is 4390. The van der Waals surface area contributed by atoms with Crippen LogP contribution >= 0.6 is 0 Å². The van der Waals surface area contributed by atoms with Crippen molar-refractivity contribution < 1.29 is 43.2 Å². The van der Waals surface area contributed by atoms with E-state index in [1.54, 1.807) is 0 Å². The number of benzene rings is 9. The lowest BCUT2D eigenvalue weighted by Gasteiger charge is -2.11. The summed E-state index contributed by atoms with van der Waals surface area (Å²) in [6.07, 6.45) is 8.74. The maximum Gasteiger partial charge on any atom is 0.306 e. The molecule has 0 fully saturated rings. The van der Waals surface area contributed by atoms with Crippen LogP contribution < -0.4 is 14.2 Å². The molecule has 1 N–H and O–H groups in total. The summed E-state index contributed by atoms with van der Waals surface area (Å²) in [7, 11) is 1.42. The van der Waals surface area contributed by atoms with Crippen LogP contribution in [-0.4, -0.2) is 84.7 Å². The van der Waals surface area contributed by atoms with E-state index < -0.39 is 5.97 Å². The van der Waals surface area contributed by atoms with Crippen LogP contribution in [0, 0.1) is 0 Å². The Morgan fingerprint density at radius 1 is 0.371 bits per heavy atom. The molecule has 0 bridgehead atoms. The fourth-order valence-electron chi connectivity index (χ4n) is 11.4. The number of carboxylic acid groups (broad SMARTS) is 1. The van der Waals surface area contributed by atoms with Gasteiger partial charge in [-0.15, -0.1) is 0 Å². The van der Waals surface area contributed by atoms with Gasteiger partial charge in [0.25, 0.3) is 0 Å². The zero-order chi connectivity index (χ0) is 67.4. The van der Waals surface area contributed by atoms with Crippen molar-refractivity contribution in [3.05, 3.63) is 253 Å². The van der Waals surface area contributed by atoms with Crippen LogP contribution in [0.5, 0.6) is 17.2 Å². The average molecular weight is 1300 g/mol. The van der Waals surface area contributed by atoms with Gasteiger partial charge in [0.05, 0.1) is 66.1 Å². The number of hydrogen-bond donors (Lipinski definition) is 1. The Morgan fingerprint density at radius 2 is 0.670 bits per heavy atom. The lowest BCUT2D eigenvalue weighted by Crippen LogP contribution is -2.11. The van der Waals surface area contributed by atoms with Crippen LogP contribution in [0.15, 0.2) is 237 Å². The zero-order valence-electron chi connectivity index (χ0n) is 55.7. The molecule has 12 rings (SSSR count). The molecule has 0 unspecified atom stereocenters. The van der Waals surface area contributed by atoms with Crippen molar-refractivity contribution >= 4 is 51.0 Å². The van der Waals surface area contributed by atoms with Crippen LogP contribution in [0.25, 0.3) is 67.3 Å². The molecule has 3 heterocycles. The minimum atomic E-state index is -0.743. The van der Waals surface area contributed by atoms with Crippen LogP contribution in [0.4, 0.5) is 0 Å². The van der Waals surface area contributed by atoms with Crippen molar-refractivity contribution in [1.29, 1.82) is 0 Å². The molecule has 12 aromatic rings. The lowest BCUT2D eigenvalue weighted by molar-refractivity contribution is -0.147. The number of aromatic nitrogens is 6. The molecule has 97 heavy (non-hydrogen) atoms. The van der Waals surface area contributed by atoms with E-state index in [9.17, 15) is 14.4 Å². The smallest absolute Gasteiger partial charge is 0.306 e. The number of carbonyl (C=O) groups is 3. The van der Waals surface area contributed by atoms with Crippen LogP contribution in [-0.2, 0) is 43.5 Å². The van der Waals surface area contributed by atoms with Gasteiger partial charge in [-0.05, 0) is 125 Å². The summed E-state index contributed by atoms with van der Waals surface area (Å²) in [5, 5.41) is 8.73. The van der Waals surface area contributed by atoms with E-state index in [4.69, 9.17) is 39.0 Å². The molecule has 0 saturated carbocycles. The van der Waals surface area contributed by atoms with Gasteiger partial charge >= 0.3 is 17.9 Å². The molecule has 0 atom stereocenters.